The molecule has 19 heavy (non-hydrogen) atoms. The van der Waals surface area contributed by atoms with E-state index in [4.69, 9.17) is 10.2 Å². The minimum absolute atomic E-state index is 0.142. The van der Waals surface area contributed by atoms with E-state index >= 15 is 0 Å². The van der Waals surface area contributed by atoms with Crippen LogP contribution in [0.25, 0.3) is 0 Å². The van der Waals surface area contributed by atoms with Crippen molar-refractivity contribution in [1.82, 2.24) is 0 Å². The summed E-state index contributed by atoms with van der Waals surface area (Å²) in [4.78, 5) is 42.5. The Hall–Kier alpha value is -2.73. The molecule has 0 radical (unpaired) electrons. The van der Waals surface area contributed by atoms with Gasteiger partial charge in [0.05, 0.1) is 6.54 Å². The predicted octanol–water partition coefficient (Wildman–Crippen LogP) is 0.152. The Morgan fingerprint density at radius 2 is 1.79 bits per heavy atom. The van der Waals surface area contributed by atoms with Crippen molar-refractivity contribution in [2.75, 3.05) is 6.54 Å². The number of rotatable bonds is 6. The quantitative estimate of drug-likeness (QED) is 0.304. The summed E-state index contributed by atoms with van der Waals surface area (Å²) in [6, 6.07) is 0. The minimum Gasteiger partial charge on any atom is -0.478 e. The lowest BCUT2D eigenvalue weighted by atomic mass is 10.4. The Balaban J connectivity index is 0. The number of nitrogens with zero attached hydrogens (tertiary/aromatic N) is 1. The Bertz CT molecular complexity index is 391. The maximum atomic E-state index is 10.5. The molecule has 0 aliphatic rings. The summed E-state index contributed by atoms with van der Waals surface area (Å²) in [7, 11) is 0. The number of carbonyl (C=O) groups excluding carboxylic acids is 2. The third-order valence-corrected chi connectivity index (χ3v) is 1.27. The molecule has 8 heteroatoms. The van der Waals surface area contributed by atoms with Crippen LogP contribution in [0.15, 0.2) is 29.8 Å². The maximum absolute atomic E-state index is 10.5. The molecule has 0 saturated carbocycles. The second-order valence-electron chi connectivity index (χ2n) is 2.89. The summed E-state index contributed by atoms with van der Waals surface area (Å²) in [6.07, 6.45) is 3.12. The molecule has 0 fully saturated rings. The van der Waals surface area contributed by atoms with E-state index in [1.165, 1.54) is 6.08 Å². The van der Waals surface area contributed by atoms with Crippen molar-refractivity contribution in [2.45, 2.75) is 13.0 Å². The first-order chi connectivity index (χ1) is 8.83. The summed E-state index contributed by atoms with van der Waals surface area (Å²) in [5.41, 5.74) is 0. The van der Waals surface area contributed by atoms with Gasteiger partial charge in [0, 0.05) is 18.2 Å². The normalized spacial score (nSPS) is 10.4. The lowest BCUT2D eigenvalue weighted by molar-refractivity contribution is -0.141. The molecule has 0 aromatic carbocycles. The van der Waals surface area contributed by atoms with Gasteiger partial charge in [0.2, 0.25) is 6.08 Å². The van der Waals surface area contributed by atoms with Crippen molar-refractivity contribution in [3.05, 3.63) is 24.8 Å². The standard InChI is InChI=1S/C7H9NO3.C4H4O4/c1-3-7(10)11-6(2)4-8-5-9;5-3(6)1-2-4(7)8/h3,6H,1,4H2,2H3;1-2H,(H,5,6)(H,7,8)/b;2-1-. The molecule has 0 spiro atoms. The van der Waals surface area contributed by atoms with Crippen molar-refractivity contribution in [3.8, 4) is 0 Å². The maximum Gasteiger partial charge on any atom is 0.330 e. The SMILES string of the molecule is C=CC(=O)OC(C)CN=C=O.O=C(O)/C=C\C(=O)O. The van der Waals surface area contributed by atoms with Crippen molar-refractivity contribution >= 4 is 24.0 Å². The molecule has 0 heterocycles. The van der Waals surface area contributed by atoms with E-state index in [-0.39, 0.29) is 6.54 Å². The molecule has 0 bridgehead atoms. The van der Waals surface area contributed by atoms with Gasteiger partial charge < -0.3 is 14.9 Å². The number of hydrogen-bond donors (Lipinski definition) is 2. The second-order valence-corrected chi connectivity index (χ2v) is 2.89. The van der Waals surface area contributed by atoms with Gasteiger partial charge in [-0.15, -0.1) is 0 Å². The van der Waals surface area contributed by atoms with Crippen LogP contribution in [-0.4, -0.2) is 46.8 Å². The number of hydrogen-bond acceptors (Lipinski definition) is 6. The van der Waals surface area contributed by atoms with Gasteiger partial charge in [-0.1, -0.05) is 6.58 Å². The average Bonchev–Trinajstić information content (AvgIpc) is 2.34. The highest BCUT2D eigenvalue weighted by Gasteiger charge is 2.03. The van der Waals surface area contributed by atoms with Crippen LogP contribution < -0.4 is 0 Å². The van der Waals surface area contributed by atoms with Crippen LogP contribution in [0, 0.1) is 0 Å². The van der Waals surface area contributed by atoms with E-state index in [9.17, 15) is 19.2 Å². The Kier molecular flexibility index (Phi) is 11.5. The number of carboxylic acid groups (broad SMARTS) is 2. The van der Waals surface area contributed by atoms with Crippen molar-refractivity contribution < 1.29 is 34.1 Å². The zero-order chi connectivity index (χ0) is 15.3. The number of carboxylic acids is 2. The predicted molar refractivity (Wildman–Crippen MR) is 63.2 cm³/mol. The first-order valence-corrected chi connectivity index (χ1v) is 4.84. The molecule has 1 unspecified atom stereocenters. The molecule has 0 aromatic rings. The van der Waals surface area contributed by atoms with Gasteiger partial charge in [-0.25, -0.2) is 24.2 Å². The fraction of sp³-hybridized carbons (Fsp3) is 0.273. The van der Waals surface area contributed by atoms with E-state index in [1.54, 1.807) is 6.92 Å². The number of aliphatic carboxylic acids is 2. The average molecular weight is 271 g/mol. The molecule has 104 valence electrons. The molecular weight excluding hydrogens is 258 g/mol. The number of aliphatic imine (C=N–C) groups is 1. The van der Waals surface area contributed by atoms with Gasteiger partial charge in [-0.2, -0.15) is 0 Å². The van der Waals surface area contributed by atoms with Crippen LogP contribution in [-0.2, 0) is 23.9 Å². The smallest absolute Gasteiger partial charge is 0.330 e. The third kappa shape index (κ3) is 17.9. The topological polar surface area (TPSA) is 130 Å². The number of esters is 1. The molecular formula is C11H13NO7. The fourth-order valence-electron chi connectivity index (χ4n) is 0.592. The van der Waals surface area contributed by atoms with Crippen molar-refractivity contribution in [3.63, 3.8) is 0 Å². The van der Waals surface area contributed by atoms with Crippen LogP contribution in [0.5, 0.6) is 0 Å². The Labute approximate surface area is 108 Å². The van der Waals surface area contributed by atoms with E-state index in [2.05, 4.69) is 16.3 Å². The van der Waals surface area contributed by atoms with E-state index in [0.717, 1.165) is 6.08 Å². The van der Waals surface area contributed by atoms with E-state index in [0.29, 0.717) is 12.2 Å². The Morgan fingerprint density at radius 1 is 1.32 bits per heavy atom. The van der Waals surface area contributed by atoms with Crippen molar-refractivity contribution in [1.29, 1.82) is 0 Å². The zero-order valence-electron chi connectivity index (χ0n) is 10.1. The molecule has 0 aromatic heterocycles. The van der Waals surface area contributed by atoms with E-state index < -0.39 is 24.0 Å². The lowest BCUT2D eigenvalue weighted by Gasteiger charge is -2.06. The first-order valence-electron chi connectivity index (χ1n) is 4.84. The first kappa shape index (κ1) is 18.6. The summed E-state index contributed by atoms with van der Waals surface area (Å²) in [6.45, 7) is 4.98. The van der Waals surface area contributed by atoms with Crippen LogP contribution in [0.1, 0.15) is 6.92 Å². The zero-order valence-corrected chi connectivity index (χ0v) is 10.1. The molecule has 2 N–H and O–H groups in total. The van der Waals surface area contributed by atoms with Gasteiger partial charge in [0.25, 0.3) is 0 Å². The summed E-state index contributed by atoms with van der Waals surface area (Å²) in [5.74, 6) is -3.03. The minimum atomic E-state index is -1.26. The molecule has 0 saturated heterocycles. The van der Waals surface area contributed by atoms with Crippen molar-refractivity contribution in [2.24, 2.45) is 4.99 Å². The second kappa shape index (κ2) is 11.7. The third-order valence-electron chi connectivity index (χ3n) is 1.27. The van der Waals surface area contributed by atoms with Gasteiger partial charge in [-0.3, -0.25) is 0 Å². The lowest BCUT2D eigenvalue weighted by Crippen LogP contribution is -2.15. The highest BCUT2D eigenvalue weighted by molar-refractivity contribution is 5.89. The van der Waals surface area contributed by atoms with Crippen LogP contribution in [0.4, 0.5) is 0 Å². The molecule has 0 aliphatic carbocycles. The molecule has 1 atom stereocenters. The van der Waals surface area contributed by atoms with Crippen LogP contribution >= 0.6 is 0 Å². The van der Waals surface area contributed by atoms with Crippen LogP contribution in [0.2, 0.25) is 0 Å². The number of isocyanates is 1. The molecule has 0 amide bonds. The van der Waals surface area contributed by atoms with E-state index in [1.807, 2.05) is 0 Å². The highest BCUT2D eigenvalue weighted by Crippen LogP contribution is 1.91. The van der Waals surface area contributed by atoms with Gasteiger partial charge in [0.1, 0.15) is 6.10 Å². The largest absolute Gasteiger partial charge is 0.478 e. The van der Waals surface area contributed by atoms with Gasteiger partial charge in [-0.05, 0) is 6.92 Å². The fourth-order valence-corrected chi connectivity index (χ4v) is 0.592. The van der Waals surface area contributed by atoms with Gasteiger partial charge >= 0.3 is 17.9 Å². The number of ether oxygens (including phenoxy) is 1. The molecule has 0 rings (SSSR count). The summed E-state index contributed by atoms with van der Waals surface area (Å²) < 4.78 is 4.67. The summed E-state index contributed by atoms with van der Waals surface area (Å²) in [5, 5.41) is 15.6. The number of carbonyl (C=O) groups is 3. The van der Waals surface area contributed by atoms with Gasteiger partial charge in [0.15, 0.2) is 0 Å². The monoisotopic (exact) mass is 271 g/mol. The molecule has 0 aliphatic heterocycles. The van der Waals surface area contributed by atoms with Crippen LogP contribution in [0.3, 0.4) is 0 Å². The Morgan fingerprint density at radius 3 is 2.11 bits per heavy atom. The molecule has 8 nitrogen and oxygen atoms in total. The highest BCUT2D eigenvalue weighted by atomic mass is 16.5. The summed E-state index contributed by atoms with van der Waals surface area (Å²) >= 11 is 0.